The molecule has 0 saturated heterocycles. The monoisotopic (exact) mass is 511 g/mol. The van der Waals surface area contributed by atoms with Gasteiger partial charge >= 0.3 is 12.4 Å². The lowest BCUT2D eigenvalue weighted by molar-refractivity contribution is -0.145. The molecular weight excluding hydrogens is 498 g/mol. The van der Waals surface area contributed by atoms with Crippen LogP contribution >= 0.6 is 0 Å². The average Bonchev–Trinajstić information content (AvgIpc) is 3.29. The van der Waals surface area contributed by atoms with Crippen LogP contribution in [0.1, 0.15) is 17.1 Å². The Bertz CT molecular complexity index is 1370. The van der Waals surface area contributed by atoms with Crippen molar-refractivity contribution in [1.82, 2.24) is 19.7 Å². The molecule has 4 rings (SSSR count). The number of alkyl halides is 6. The summed E-state index contributed by atoms with van der Waals surface area (Å²) >= 11 is -2.39. The van der Waals surface area contributed by atoms with Crippen molar-refractivity contribution < 1.29 is 35.1 Å². The van der Waals surface area contributed by atoms with Gasteiger partial charge in [0.2, 0.25) is 5.82 Å². The van der Waals surface area contributed by atoms with Crippen LogP contribution in [0.5, 0.6) is 0 Å². The van der Waals surface area contributed by atoms with E-state index < -0.39 is 40.8 Å². The van der Waals surface area contributed by atoms with Crippen molar-refractivity contribution in [1.29, 1.82) is 0 Å². The summed E-state index contributed by atoms with van der Waals surface area (Å²) in [4.78, 5) is 7.13. The Morgan fingerprint density at radius 3 is 2.06 bits per heavy atom. The highest BCUT2D eigenvalue weighted by Crippen LogP contribution is 2.40. The van der Waals surface area contributed by atoms with E-state index in [1.807, 2.05) is 0 Å². The zero-order valence-corrected chi connectivity index (χ0v) is 18.2. The average molecular weight is 511 g/mol. The lowest BCUT2D eigenvalue weighted by Crippen LogP contribution is -2.19. The molecule has 0 saturated carbocycles. The molecule has 0 amide bonds. The van der Waals surface area contributed by atoms with E-state index in [0.29, 0.717) is 16.3 Å². The van der Waals surface area contributed by atoms with Crippen molar-refractivity contribution in [3.8, 4) is 28.2 Å². The fourth-order valence-electron chi connectivity index (χ4n) is 3.39. The molecule has 0 aliphatic rings. The van der Waals surface area contributed by atoms with Gasteiger partial charge in [-0.1, -0.05) is 65.7 Å². The summed E-state index contributed by atoms with van der Waals surface area (Å²) in [6, 6.07) is 13.8. The second kappa shape index (κ2) is 9.23. The molecular formula is C22H13F6N4O2S-. The molecule has 0 fully saturated rings. The summed E-state index contributed by atoms with van der Waals surface area (Å²) in [5.74, 6) is -2.69. The van der Waals surface area contributed by atoms with Gasteiger partial charge in [-0.3, -0.25) is 4.21 Å². The van der Waals surface area contributed by atoms with Crippen LogP contribution in [0.3, 0.4) is 0 Å². The highest BCUT2D eigenvalue weighted by molar-refractivity contribution is 7.78. The van der Waals surface area contributed by atoms with Gasteiger partial charge in [0.1, 0.15) is 5.69 Å². The van der Waals surface area contributed by atoms with Crippen molar-refractivity contribution >= 4 is 11.1 Å². The summed E-state index contributed by atoms with van der Waals surface area (Å²) in [6.07, 6.45) is -9.20. The molecule has 1 unspecified atom stereocenters. The SMILES string of the molecule is O=S([O-])Cc1ccc(-c2nc(C(F)(F)F)nc(-n3nccc3C(F)(F)F)c2-c2ccccc2)cc1. The lowest BCUT2D eigenvalue weighted by atomic mass is 9.98. The Balaban J connectivity index is 2.06. The zero-order chi connectivity index (χ0) is 25.4. The largest absolute Gasteiger partial charge is 0.772 e. The molecule has 35 heavy (non-hydrogen) atoms. The van der Waals surface area contributed by atoms with E-state index in [4.69, 9.17) is 0 Å². The Morgan fingerprint density at radius 1 is 0.829 bits per heavy atom. The van der Waals surface area contributed by atoms with Gasteiger partial charge < -0.3 is 4.55 Å². The third-order valence-electron chi connectivity index (χ3n) is 4.85. The summed E-state index contributed by atoms with van der Waals surface area (Å²) in [6.45, 7) is 0. The minimum Gasteiger partial charge on any atom is -0.772 e. The van der Waals surface area contributed by atoms with Crippen LogP contribution in [0, 0.1) is 0 Å². The van der Waals surface area contributed by atoms with Crippen LogP contribution < -0.4 is 0 Å². The molecule has 0 spiro atoms. The summed E-state index contributed by atoms with van der Waals surface area (Å²) < 4.78 is 104. The number of hydrogen-bond acceptors (Lipinski definition) is 5. The molecule has 0 aliphatic carbocycles. The minimum absolute atomic E-state index is 0.110. The van der Waals surface area contributed by atoms with Crippen molar-refractivity contribution in [2.24, 2.45) is 0 Å². The fourth-order valence-corrected chi connectivity index (χ4v) is 3.85. The molecule has 1 atom stereocenters. The molecule has 0 aliphatic heterocycles. The fraction of sp³-hybridized carbons (Fsp3) is 0.136. The van der Waals surface area contributed by atoms with Gasteiger partial charge in [0.15, 0.2) is 5.82 Å². The first-order valence-electron chi connectivity index (χ1n) is 9.76. The van der Waals surface area contributed by atoms with Crippen LogP contribution in [0.2, 0.25) is 0 Å². The molecule has 182 valence electrons. The number of nitrogens with zero attached hydrogens (tertiary/aromatic N) is 4. The van der Waals surface area contributed by atoms with E-state index >= 15 is 0 Å². The van der Waals surface area contributed by atoms with E-state index in [9.17, 15) is 35.1 Å². The van der Waals surface area contributed by atoms with Gasteiger partial charge in [-0.15, -0.1) is 0 Å². The molecule has 4 aromatic rings. The van der Waals surface area contributed by atoms with E-state index in [-0.39, 0.29) is 28.1 Å². The smallest absolute Gasteiger partial charge is 0.451 e. The predicted octanol–water partition coefficient (Wildman–Crippen LogP) is 5.41. The molecule has 0 bridgehead atoms. The van der Waals surface area contributed by atoms with Crippen LogP contribution in [-0.2, 0) is 29.2 Å². The number of rotatable bonds is 5. The maximum Gasteiger partial charge on any atom is 0.451 e. The molecule has 0 N–H and O–H groups in total. The van der Waals surface area contributed by atoms with Gasteiger partial charge in [0.05, 0.1) is 17.5 Å². The zero-order valence-electron chi connectivity index (χ0n) is 17.3. The van der Waals surface area contributed by atoms with Crippen LogP contribution in [0.4, 0.5) is 26.3 Å². The Labute approximate surface area is 196 Å². The van der Waals surface area contributed by atoms with Gasteiger partial charge in [-0.25, -0.2) is 14.6 Å². The molecule has 13 heteroatoms. The number of halogens is 6. The molecule has 2 heterocycles. The number of benzene rings is 2. The number of aromatic nitrogens is 4. The van der Waals surface area contributed by atoms with Gasteiger partial charge in [-0.05, 0) is 17.2 Å². The lowest BCUT2D eigenvalue weighted by Gasteiger charge is -2.19. The molecule has 0 radical (unpaired) electrons. The standard InChI is InChI=1S/C22H14F6N4O2S/c23-21(24,25)16-10-11-29-32(16)19-17(14-4-2-1-3-5-14)18(30-20(31-19)22(26,27)28)15-8-6-13(7-9-15)12-35(33)34/h1-11H,12H2,(H,33,34)/p-1. The van der Waals surface area contributed by atoms with E-state index in [2.05, 4.69) is 15.1 Å². The van der Waals surface area contributed by atoms with Gasteiger partial charge in [-0.2, -0.15) is 31.4 Å². The summed E-state index contributed by atoms with van der Waals surface area (Å²) in [5, 5.41) is 3.61. The van der Waals surface area contributed by atoms with Gasteiger partial charge in [0.25, 0.3) is 0 Å². The molecule has 2 aromatic heterocycles. The molecule has 2 aromatic carbocycles. The predicted molar refractivity (Wildman–Crippen MR) is 113 cm³/mol. The van der Waals surface area contributed by atoms with Crippen molar-refractivity contribution in [3.05, 3.63) is 83.9 Å². The Hall–Kier alpha value is -3.58. The van der Waals surface area contributed by atoms with Crippen LogP contribution in [-0.4, -0.2) is 28.5 Å². The van der Waals surface area contributed by atoms with E-state index in [0.717, 1.165) is 6.20 Å². The van der Waals surface area contributed by atoms with Crippen LogP contribution in [0.25, 0.3) is 28.2 Å². The first kappa shape index (κ1) is 24.5. The van der Waals surface area contributed by atoms with Crippen molar-refractivity contribution in [3.63, 3.8) is 0 Å². The third kappa shape index (κ3) is 5.25. The Kier molecular flexibility index (Phi) is 6.47. The number of hydrogen-bond donors (Lipinski definition) is 0. The highest BCUT2D eigenvalue weighted by atomic mass is 32.2. The van der Waals surface area contributed by atoms with E-state index in [1.165, 1.54) is 36.4 Å². The van der Waals surface area contributed by atoms with Crippen LogP contribution in [0.15, 0.2) is 66.9 Å². The first-order valence-corrected chi connectivity index (χ1v) is 11.0. The highest BCUT2D eigenvalue weighted by Gasteiger charge is 2.40. The summed E-state index contributed by atoms with van der Waals surface area (Å²) in [5.41, 5.74) is -1.01. The maximum atomic E-state index is 13.7. The summed E-state index contributed by atoms with van der Waals surface area (Å²) in [7, 11) is 0. The maximum absolute atomic E-state index is 13.7. The third-order valence-corrected chi connectivity index (χ3v) is 5.42. The van der Waals surface area contributed by atoms with E-state index in [1.54, 1.807) is 18.2 Å². The molecule has 6 nitrogen and oxygen atoms in total. The minimum atomic E-state index is -5.08. The van der Waals surface area contributed by atoms with Crippen molar-refractivity contribution in [2.45, 2.75) is 18.1 Å². The second-order valence-corrected chi connectivity index (χ2v) is 8.13. The topological polar surface area (TPSA) is 83.7 Å². The van der Waals surface area contributed by atoms with Crippen molar-refractivity contribution in [2.75, 3.05) is 0 Å². The first-order chi connectivity index (χ1) is 16.4. The van der Waals surface area contributed by atoms with Gasteiger partial charge in [0, 0.05) is 11.3 Å². The second-order valence-electron chi connectivity index (χ2n) is 7.23. The Morgan fingerprint density at radius 2 is 1.49 bits per heavy atom. The normalized spacial score (nSPS) is 13.1. The quantitative estimate of drug-likeness (QED) is 0.264.